The summed E-state index contributed by atoms with van der Waals surface area (Å²) < 4.78 is 0. The quantitative estimate of drug-likeness (QED) is 0.168. The smallest absolute Gasteiger partial charge is 0.317 e. The number of hydrogen-bond acceptors (Lipinski definition) is 9. The molecule has 1 heterocycles. The molecule has 0 aromatic carbocycles. The van der Waals surface area contributed by atoms with Crippen LogP contribution in [0.5, 0.6) is 0 Å². The summed E-state index contributed by atoms with van der Waals surface area (Å²) in [5.74, 6) is -5.66. The Morgan fingerprint density at radius 2 is 1.28 bits per heavy atom. The molecule has 1 fully saturated rings. The molecular formula is C22H39N5O9. The van der Waals surface area contributed by atoms with Crippen molar-refractivity contribution in [2.75, 3.05) is 65.4 Å². The standard InChI is InChI=1S/C22H39N5O9/c1-15(2)24-18(28)4-3-16(22(35)36)17-11-27(14-21(33)34)10-9-26(13-20(31)32)8-7-25(6-5-23-17)12-19(29)30/h15-17,23H,3-14H2,1-2H3,(H,24,28)(H,29,30)(H,31,32)(H,33,34)(H,35,36). The van der Waals surface area contributed by atoms with E-state index in [2.05, 4.69) is 10.6 Å². The van der Waals surface area contributed by atoms with Gasteiger partial charge in [-0.05, 0) is 20.3 Å². The molecule has 6 N–H and O–H groups in total. The van der Waals surface area contributed by atoms with Crippen LogP contribution < -0.4 is 10.6 Å². The van der Waals surface area contributed by atoms with Crippen molar-refractivity contribution in [1.29, 1.82) is 0 Å². The van der Waals surface area contributed by atoms with E-state index in [1.165, 1.54) is 0 Å². The van der Waals surface area contributed by atoms with Crippen LogP contribution in [-0.4, -0.2) is 142 Å². The van der Waals surface area contributed by atoms with E-state index in [0.717, 1.165) is 0 Å². The molecule has 0 bridgehead atoms. The Labute approximate surface area is 210 Å². The Kier molecular flexibility index (Phi) is 13.9. The van der Waals surface area contributed by atoms with Crippen LogP contribution in [0.2, 0.25) is 0 Å². The zero-order valence-corrected chi connectivity index (χ0v) is 20.9. The minimum Gasteiger partial charge on any atom is -0.481 e. The zero-order chi connectivity index (χ0) is 27.3. The fraction of sp³-hybridized carbons (Fsp3) is 0.773. The number of carbonyl (C=O) groups is 5. The van der Waals surface area contributed by atoms with Gasteiger partial charge in [-0.25, -0.2) is 0 Å². The average Bonchev–Trinajstić information content (AvgIpc) is 2.72. The van der Waals surface area contributed by atoms with Crippen LogP contribution in [0, 0.1) is 5.92 Å². The highest BCUT2D eigenvalue weighted by molar-refractivity contribution is 5.77. The van der Waals surface area contributed by atoms with Gasteiger partial charge in [-0.1, -0.05) is 0 Å². The highest BCUT2D eigenvalue weighted by Gasteiger charge is 2.31. The number of nitrogens with zero attached hydrogens (tertiary/aromatic N) is 3. The van der Waals surface area contributed by atoms with Crippen LogP contribution in [0.1, 0.15) is 26.7 Å². The third-order valence-electron chi connectivity index (χ3n) is 5.77. The number of nitrogens with one attached hydrogen (secondary N) is 2. The Morgan fingerprint density at radius 1 is 0.806 bits per heavy atom. The van der Waals surface area contributed by atoms with E-state index in [-0.39, 0.29) is 90.2 Å². The first kappa shape index (κ1) is 31.2. The summed E-state index contributed by atoms with van der Waals surface area (Å²) in [6.07, 6.45) is 0.000228. The van der Waals surface area contributed by atoms with Gasteiger partial charge in [-0.2, -0.15) is 0 Å². The second-order valence-corrected chi connectivity index (χ2v) is 9.23. The van der Waals surface area contributed by atoms with E-state index in [9.17, 15) is 44.4 Å². The molecule has 2 atom stereocenters. The lowest BCUT2D eigenvalue weighted by Crippen LogP contribution is -2.53. The van der Waals surface area contributed by atoms with Gasteiger partial charge in [0, 0.05) is 64.3 Å². The maximum atomic E-state index is 12.2. The molecule has 0 aliphatic carbocycles. The fourth-order valence-corrected chi connectivity index (χ4v) is 4.11. The van der Waals surface area contributed by atoms with Gasteiger partial charge in [0.2, 0.25) is 5.91 Å². The normalized spacial score (nSPS) is 20.1. The van der Waals surface area contributed by atoms with Crippen molar-refractivity contribution in [3.05, 3.63) is 0 Å². The number of aliphatic carboxylic acids is 4. The minimum atomic E-state index is -1.14. The molecule has 2 unspecified atom stereocenters. The lowest BCUT2D eigenvalue weighted by molar-refractivity contribution is -0.144. The number of rotatable bonds is 12. The maximum Gasteiger partial charge on any atom is 0.317 e. The van der Waals surface area contributed by atoms with E-state index in [4.69, 9.17) is 0 Å². The summed E-state index contributed by atoms with van der Waals surface area (Å²) in [5, 5.41) is 43.6. The first-order valence-corrected chi connectivity index (χ1v) is 11.9. The molecule has 0 aromatic heterocycles. The van der Waals surface area contributed by atoms with E-state index < -0.39 is 35.8 Å². The largest absolute Gasteiger partial charge is 0.481 e. The zero-order valence-electron chi connectivity index (χ0n) is 20.9. The first-order chi connectivity index (χ1) is 16.9. The van der Waals surface area contributed by atoms with E-state index in [1.807, 2.05) is 0 Å². The molecule has 1 rings (SSSR count). The molecule has 0 saturated carbocycles. The number of carbonyl (C=O) groups excluding carboxylic acids is 1. The highest BCUT2D eigenvalue weighted by atomic mass is 16.4. The predicted octanol–water partition coefficient (Wildman–Crippen LogP) is -1.88. The lowest BCUT2D eigenvalue weighted by Gasteiger charge is -2.34. The molecule has 36 heavy (non-hydrogen) atoms. The van der Waals surface area contributed by atoms with Crippen LogP contribution in [0.25, 0.3) is 0 Å². The van der Waals surface area contributed by atoms with Crippen LogP contribution in [0.15, 0.2) is 0 Å². The van der Waals surface area contributed by atoms with E-state index in [0.29, 0.717) is 0 Å². The molecule has 0 radical (unpaired) electrons. The monoisotopic (exact) mass is 517 g/mol. The van der Waals surface area contributed by atoms with Crippen molar-refractivity contribution in [1.82, 2.24) is 25.3 Å². The van der Waals surface area contributed by atoms with Crippen molar-refractivity contribution in [2.24, 2.45) is 5.92 Å². The number of carboxylic acid groups (broad SMARTS) is 4. The van der Waals surface area contributed by atoms with Crippen molar-refractivity contribution in [2.45, 2.75) is 38.8 Å². The van der Waals surface area contributed by atoms with Crippen molar-refractivity contribution in [3.8, 4) is 0 Å². The molecule has 1 amide bonds. The number of amides is 1. The minimum absolute atomic E-state index is 0.0240. The third-order valence-corrected chi connectivity index (χ3v) is 5.77. The van der Waals surface area contributed by atoms with Gasteiger partial charge in [-0.3, -0.25) is 38.7 Å². The maximum absolute atomic E-state index is 12.2. The molecule has 206 valence electrons. The molecular weight excluding hydrogens is 478 g/mol. The van der Waals surface area contributed by atoms with Gasteiger partial charge < -0.3 is 31.1 Å². The molecule has 1 aliphatic rings. The van der Waals surface area contributed by atoms with Gasteiger partial charge in [-0.15, -0.1) is 0 Å². The lowest BCUT2D eigenvalue weighted by atomic mass is 9.93. The molecule has 0 aromatic rings. The second-order valence-electron chi connectivity index (χ2n) is 9.23. The molecule has 14 nitrogen and oxygen atoms in total. The first-order valence-electron chi connectivity index (χ1n) is 11.9. The molecule has 1 aliphatic heterocycles. The third kappa shape index (κ3) is 13.3. The van der Waals surface area contributed by atoms with Gasteiger partial charge in [0.1, 0.15) is 0 Å². The van der Waals surface area contributed by atoms with Crippen molar-refractivity contribution < 1.29 is 44.4 Å². The Balaban J connectivity index is 3.14. The summed E-state index contributed by atoms with van der Waals surface area (Å²) in [6.45, 7) is 4.06. The van der Waals surface area contributed by atoms with Crippen molar-refractivity contribution >= 4 is 29.8 Å². The van der Waals surface area contributed by atoms with Gasteiger partial charge in [0.05, 0.1) is 25.6 Å². The van der Waals surface area contributed by atoms with Gasteiger partial charge >= 0.3 is 23.9 Å². The fourth-order valence-electron chi connectivity index (χ4n) is 4.11. The van der Waals surface area contributed by atoms with E-state index in [1.54, 1.807) is 28.5 Å². The Morgan fingerprint density at radius 3 is 1.75 bits per heavy atom. The van der Waals surface area contributed by atoms with Crippen LogP contribution in [0.3, 0.4) is 0 Å². The SMILES string of the molecule is CC(C)NC(=O)CCC(C(=O)O)C1CN(CC(=O)O)CCN(CC(=O)O)CCN(CC(=O)O)CCN1. The van der Waals surface area contributed by atoms with Crippen LogP contribution >= 0.6 is 0 Å². The van der Waals surface area contributed by atoms with E-state index >= 15 is 0 Å². The van der Waals surface area contributed by atoms with Gasteiger partial charge in [0.25, 0.3) is 0 Å². The average molecular weight is 518 g/mol. The Bertz CT molecular complexity index is 764. The number of carboxylic acids is 4. The van der Waals surface area contributed by atoms with Gasteiger partial charge in [0.15, 0.2) is 0 Å². The summed E-state index contributed by atoms with van der Waals surface area (Å²) >= 11 is 0. The molecule has 0 spiro atoms. The van der Waals surface area contributed by atoms with Crippen molar-refractivity contribution in [3.63, 3.8) is 0 Å². The summed E-state index contributed by atoms with van der Waals surface area (Å²) in [7, 11) is 0. The summed E-state index contributed by atoms with van der Waals surface area (Å²) in [5.41, 5.74) is 0. The van der Waals surface area contributed by atoms with Crippen LogP contribution in [-0.2, 0) is 24.0 Å². The summed E-state index contributed by atoms with van der Waals surface area (Å²) in [4.78, 5) is 63.1. The summed E-state index contributed by atoms with van der Waals surface area (Å²) in [6, 6.07) is -0.826. The van der Waals surface area contributed by atoms with Crippen LogP contribution in [0.4, 0.5) is 0 Å². The Hall–Kier alpha value is -2.81. The topological polar surface area (TPSA) is 200 Å². The molecule has 1 saturated heterocycles. The highest BCUT2D eigenvalue weighted by Crippen LogP contribution is 2.15. The predicted molar refractivity (Wildman–Crippen MR) is 128 cm³/mol. The number of hydrogen-bond donors (Lipinski definition) is 6. The second kappa shape index (κ2) is 16.0. The molecule has 14 heteroatoms.